The first-order valence-corrected chi connectivity index (χ1v) is 8.15. The molecule has 2 aliphatic rings. The van der Waals surface area contributed by atoms with Crippen molar-refractivity contribution in [3.63, 3.8) is 0 Å². The highest BCUT2D eigenvalue weighted by Crippen LogP contribution is 2.41. The third-order valence-electron chi connectivity index (χ3n) is 4.27. The van der Waals surface area contributed by atoms with Crippen LogP contribution in [0.3, 0.4) is 0 Å². The van der Waals surface area contributed by atoms with Crippen molar-refractivity contribution < 1.29 is 4.74 Å². The Morgan fingerprint density at radius 3 is 2.63 bits per heavy atom. The van der Waals surface area contributed by atoms with E-state index < -0.39 is 0 Å². The summed E-state index contributed by atoms with van der Waals surface area (Å²) < 4.78 is 5.86. The summed E-state index contributed by atoms with van der Waals surface area (Å²) in [6.45, 7) is 0. The van der Waals surface area contributed by atoms with Crippen molar-refractivity contribution in [2.75, 3.05) is 19.5 Å². The fraction of sp³-hybridized carbons (Fsp3) is 0.714. The molecule has 1 aromatic heterocycles. The SMILES string of the molecule is CNc1nc(C2(OC)CCCCC2)nc2c1CSC2. The molecule has 1 aliphatic heterocycles. The van der Waals surface area contributed by atoms with E-state index in [1.165, 1.54) is 30.5 Å². The zero-order valence-corrected chi connectivity index (χ0v) is 12.5. The van der Waals surface area contributed by atoms with E-state index in [-0.39, 0.29) is 5.60 Å². The molecule has 0 spiro atoms. The molecule has 2 heterocycles. The van der Waals surface area contributed by atoms with Gasteiger partial charge >= 0.3 is 0 Å². The van der Waals surface area contributed by atoms with Crippen molar-refractivity contribution in [1.29, 1.82) is 0 Å². The van der Waals surface area contributed by atoms with Crippen LogP contribution in [0.15, 0.2) is 0 Å². The van der Waals surface area contributed by atoms with Gasteiger partial charge in [0, 0.05) is 31.2 Å². The van der Waals surface area contributed by atoms with Gasteiger partial charge in [0.1, 0.15) is 11.4 Å². The summed E-state index contributed by atoms with van der Waals surface area (Å²) in [5, 5.41) is 3.23. The first-order valence-electron chi connectivity index (χ1n) is 7.00. The second-order valence-corrected chi connectivity index (χ2v) is 6.31. The highest BCUT2D eigenvalue weighted by atomic mass is 32.2. The number of hydrogen-bond donors (Lipinski definition) is 1. The van der Waals surface area contributed by atoms with Crippen LogP contribution < -0.4 is 5.32 Å². The summed E-state index contributed by atoms with van der Waals surface area (Å²) in [4.78, 5) is 9.60. The minimum Gasteiger partial charge on any atom is -0.373 e. The fourth-order valence-electron chi connectivity index (χ4n) is 3.10. The summed E-state index contributed by atoms with van der Waals surface area (Å²) in [5.41, 5.74) is 2.21. The van der Waals surface area contributed by atoms with E-state index in [0.717, 1.165) is 36.0 Å². The molecule has 4 nitrogen and oxygen atoms in total. The lowest BCUT2D eigenvalue weighted by atomic mass is 9.83. The van der Waals surface area contributed by atoms with Crippen molar-refractivity contribution in [2.45, 2.75) is 49.2 Å². The number of ether oxygens (including phenoxy) is 1. The number of anilines is 1. The Labute approximate surface area is 118 Å². The minimum atomic E-state index is -0.258. The van der Waals surface area contributed by atoms with E-state index in [1.54, 1.807) is 7.11 Å². The summed E-state index contributed by atoms with van der Waals surface area (Å²) in [6.07, 6.45) is 5.79. The number of hydrogen-bond acceptors (Lipinski definition) is 5. The second-order valence-electron chi connectivity index (χ2n) is 5.32. The first-order chi connectivity index (χ1) is 9.29. The lowest BCUT2D eigenvalue weighted by molar-refractivity contribution is -0.0515. The maximum absolute atomic E-state index is 5.86. The molecule has 104 valence electrons. The predicted octanol–water partition coefficient (Wildman–Crippen LogP) is 3.07. The minimum absolute atomic E-state index is 0.258. The molecule has 5 heteroatoms. The molecule has 0 bridgehead atoms. The molecular formula is C14H21N3OS. The Hall–Kier alpha value is -0.810. The predicted molar refractivity (Wildman–Crippen MR) is 78.3 cm³/mol. The van der Waals surface area contributed by atoms with Crippen molar-refractivity contribution in [2.24, 2.45) is 0 Å². The first kappa shape index (κ1) is 13.2. The van der Waals surface area contributed by atoms with Crippen LogP contribution in [0.5, 0.6) is 0 Å². The van der Waals surface area contributed by atoms with Gasteiger partial charge in [-0.2, -0.15) is 11.8 Å². The fourth-order valence-corrected chi connectivity index (χ4v) is 4.15. The molecule has 0 atom stereocenters. The smallest absolute Gasteiger partial charge is 0.162 e. The quantitative estimate of drug-likeness (QED) is 0.921. The topological polar surface area (TPSA) is 47.0 Å². The molecule has 1 aliphatic carbocycles. The van der Waals surface area contributed by atoms with Gasteiger partial charge in [0.15, 0.2) is 5.82 Å². The standard InChI is InChI=1S/C14H21N3OS/c1-15-12-10-8-19-9-11(10)16-13(17-12)14(18-2)6-4-3-5-7-14/h3-9H2,1-2H3,(H,15,16,17). The maximum Gasteiger partial charge on any atom is 0.162 e. The highest BCUT2D eigenvalue weighted by molar-refractivity contribution is 7.98. The Morgan fingerprint density at radius 1 is 1.16 bits per heavy atom. The molecule has 1 N–H and O–H groups in total. The van der Waals surface area contributed by atoms with Gasteiger partial charge in [-0.1, -0.05) is 19.3 Å². The average molecular weight is 279 g/mol. The van der Waals surface area contributed by atoms with E-state index in [0.29, 0.717) is 0 Å². The summed E-state index contributed by atoms with van der Waals surface area (Å²) in [5.74, 6) is 3.90. The summed E-state index contributed by atoms with van der Waals surface area (Å²) in [6, 6.07) is 0. The van der Waals surface area contributed by atoms with E-state index in [1.807, 2.05) is 18.8 Å². The molecule has 0 aromatic carbocycles. The third kappa shape index (κ3) is 2.23. The molecule has 3 rings (SSSR count). The lowest BCUT2D eigenvalue weighted by Crippen LogP contribution is -2.34. The monoisotopic (exact) mass is 279 g/mol. The number of fused-ring (bicyclic) bond motifs is 1. The van der Waals surface area contributed by atoms with Crippen LogP contribution in [0, 0.1) is 0 Å². The van der Waals surface area contributed by atoms with Gasteiger partial charge in [-0.05, 0) is 12.8 Å². The van der Waals surface area contributed by atoms with E-state index in [2.05, 4.69) is 5.32 Å². The number of nitrogens with one attached hydrogen (secondary N) is 1. The van der Waals surface area contributed by atoms with Crippen LogP contribution in [0.2, 0.25) is 0 Å². The van der Waals surface area contributed by atoms with Gasteiger partial charge in [0.25, 0.3) is 0 Å². The Balaban J connectivity index is 2.04. The van der Waals surface area contributed by atoms with E-state index in [4.69, 9.17) is 14.7 Å². The number of nitrogens with zero attached hydrogens (tertiary/aromatic N) is 2. The Kier molecular flexibility index (Phi) is 3.67. The van der Waals surface area contributed by atoms with Crippen LogP contribution in [0.1, 0.15) is 49.2 Å². The largest absolute Gasteiger partial charge is 0.373 e. The molecule has 0 saturated heterocycles. The zero-order valence-electron chi connectivity index (χ0n) is 11.7. The summed E-state index contributed by atoms with van der Waals surface area (Å²) in [7, 11) is 3.74. The molecule has 0 radical (unpaired) electrons. The van der Waals surface area contributed by atoms with Crippen molar-refractivity contribution >= 4 is 17.6 Å². The van der Waals surface area contributed by atoms with Crippen LogP contribution in [-0.4, -0.2) is 24.1 Å². The van der Waals surface area contributed by atoms with Gasteiger partial charge in [-0.3, -0.25) is 0 Å². The Bertz CT molecular complexity index is 472. The lowest BCUT2D eigenvalue weighted by Gasteiger charge is -2.34. The zero-order chi connectivity index (χ0) is 13.3. The number of thioether (sulfide) groups is 1. The average Bonchev–Trinajstić information content (AvgIpc) is 2.95. The van der Waals surface area contributed by atoms with Crippen molar-refractivity contribution in [1.82, 2.24) is 9.97 Å². The van der Waals surface area contributed by atoms with E-state index in [9.17, 15) is 0 Å². The molecule has 1 saturated carbocycles. The van der Waals surface area contributed by atoms with Gasteiger partial charge in [-0.25, -0.2) is 9.97 Å². The van der Waals surface area contributed by atoms with Crippen LogP contribution in [0.25, 0.3) is 0 Å². The van der Waals surface area contributed by atoms with Gasteiger partial charge in [0.2, 0.25) is 0 Å². The van der Waals surface area contributed by atoms with Crippen molar-refractivity contribution in [3.05, 3.63) is 17.1 Å². The van der Waals surface area contributed by atoms with Gasteiger partial charge < -0.3 is 10.1 Å². The normalized spacial score (nSPS) is 21.2. The number of rotatable bonds is 3. The Morgan fingerprint density at radius 2 is 1.95 bits per heavy atom. The van der Waals surface area contributed by atoms with Crippen LogP contribution >= 0.6 is 11.8 Å². The maximum atomic E-state index is 5.86. The highest BCUT2D eigenvalue weighted by Gasteiger charge is 2.38. The second kappa shape index (κ2) is 5.29. The number of methoxy groups -OCH3 is 1. The summed E-state index contributed by atoms with van der Waals surface area (Å²) >= 11 is 1.91. The third-order valence-corrected chi connectivity index (χ3v) is 5.24. The van der Waals surface area contributed by atoms with E-state index >= 15 is 0 Å². The molecular weight excluding hydrogens is 258 g/mol. The molecule has 0 amide bonds. The van der Waals surface area contributed by atoms with Crippen LogP contribution in [-0.2, 0) is 21.8 Å². The molecule has 1 aromatic rings. The van der Waals surface area contributed by atoms with Crippen LogP contribution in [0.4, 0.5) is 5.82 Å². The molecule has 0 unspecified atom stereocenters. The molecule has 19 heavy (non-hydrogen) atoms. The van der Waals surface area contributed by atoms with Gasteiger partial charge in [0.05, 0.1) is 5.69 Å². The molecule has 1 fully saturated rings. The van der Waals surface area contributed by atoms with Gasteiger partial charge in [-0.15, -0.1) is 0 Å². The van der Waals surface area contributed by atoms with Crippen molar-refractivity contribution in [3.8, 4) is 0 Å². The number of aromatic nitrogens is 2.